The van der Waals surface area contributed by atoms with Gasteiger partial charge in [-0.05, 0) is 37.5 Å². The van der Waals surface area contributed by atoms with Crippen LogP contribution in [0.1, 0.15) is 23.4 Å². The van der Waals surface area contributed by atoms with E-state index in [1.807, 2.05) is 0 Å². The van der Waals surface area contributed by atoms with Crippen LogP contribution in [0.25, 0.3) is 11.1 Å². The van der Waals surface area contributed by atoms with Gasteiger partial charge in [-0.1, -0.05) is 17.3 Å². The van der Waals surface area contributed by atoms with Crippen molar-refractivity contribution in [1.29, 1.82) is 0 Å². The molecule has 100 valence electrons. The van der Waals surface area contributed by atoms with Crippen molar-refractivity contribution in [3.63, 3.8) is 0 Å². The van der Waals surface area contributed by atoms with Gasteiger partial charge in [0.05, 0.1) is 5.69 Å². The normalized spacial score (nSPS) is 10.7. The first-order valence-corrected chi connectivity index (χ1v) is 5.92. The van der Waals surface area contributed by atoms with Gasteiger partial charge in [-0.15, -0.1) is 0 Å². The Morgan fingerprint density at radius 1 is 1.42 bits per heavy atom. The summed E-state index contributed by atoms with van der Waals surface area (Å²) in [5, 5.41) is 12.4. The molecule has 1 heterocycles. The molecule has 0 saturated carbocycles. The Kier molecular flexibility index (Phi) is 3.64. The van der Waals surface area contributed by atoms with Crippen molar-refractivity contribution < 1.29 is 18.8 Å². The highest BCUT2D eigenvalue weighted by Gasteiger charge is 2.13. The number of aliphatic carboxylic acids is 1. The zero-order chi connectivity index (χ0) is 14.0. The van der Waals surface area contributed by atoms with Crippen molar-refractivity contribution in [2.75, 3.05) is 0 Å². The zero-order valence-electron chi connectivity index (χ0n) is 10.7. The average Bonchev–Trinajstić information content (AvgIpc) is 2.67. The fourth-order valence-electron chi connectivity index (χ4n) is 2.04. The molecule has 0 radical (unpaired) electrons. The maximum absolute atomic E-state index is 13.9. The van der Waals surface area contributed by atoms with Crippen LogP contribution in [0, 0.1) is 19.7 Å². The van der Waals surface area contributed by atoms with Gasteiger partial charge < -0.3 is 9.63 Å². The van der Waals surface area contributed by atoms with E-state index in [1.54, 1.807) is 26.0 Å². The van der Waals surface area contributed by atoms with Gasteiger partial charge in [0.2, 0.25) is 0 Å². The summed E-state index contributed by atoms with van der Waals surface area (Å²) in [7, 11) is 0. The number of carboxylic acid groups (broad SMARTS) is 1. The SMILES string of the molecule is Cc1noc(C)c1-c1ccc(CCC(=O)O)c(F)c1. The third-order valence-corrected chi connectivity index (χ3v) is 2.98. The van der Waals surface area contributed by atoms with Gasteiger partial charge in [-0.25, -0.2) is 4.39 Å². The minimum Gasteiger partial charge on any atom is -0.481 e. The van der Waals surface area contributed by atoms with Crippen molar-refractivity contribution in [2.24, 2.45) is 0 Å². The van der Waals surface area contributed by atoms with Gasteiger partial charge in [0, 0.05) is 12.0 Å². The van der Waals surface area contributed by atoms with Crippen LogP contribution in [0.2, 0.25) is 0 Å². The van der Waals surface area contributed by atoms with Gasteiger partial charge >= 0.3 is 5.97 Å². The number of hydrogen-bond donors (Lipinski definition) is 1. The van der Waals surface area contributed by atoms with E-state index in [0.717, 1.165) is 5.56 Å². The van der Waals surface area contributed by atoms with E-state index < -0.39 is 11.8 Å². The summed E-state index contributed by atoms with van der Waals surface area (Å²) in [4.78, 5) is 10.5. The molecular formula is C14H14FNO3. The van der Waals surface area contributed by atoms with Crippen LogP contribution in [0.4, 0.5) is 4.39 Å². The number of aryl methyl sites for hydroxylation is 3. The number of benzene rings is 1. The highest BCUT2D eigenvalue weighted by atomic mass is 19.1. The Morgan fingerprint density at radius 3 is 2.68 bits per heavy atom. The molecule has 5 heteroatoms. The average molecular weight is 263 g/mol. The van der Waals surface area contributed by atoms with Crippen LogP contribution in [0.5, 0.6) is 0 Å². The van der Waals surface area contributed by atoms with Gasteiger partial charge in [-0.2, -0.15) is 0 Å². The highest BCUT2D eigenvalue weighted by Crippen LogP contribution is 2.28. The summed E-state index contributed by atoms with van der Waals surface area (Å²) < 4.78 is 19.0. The fraction of sp³-hybridized carbons (Fsp3) is 0.286. The first kappa shape index (κ1) is 13.3. The summed E-state index contributed by atoms with van der Waals surface area (Å²) in [6.07, 6.45) is 0.102. The minimum atomic E-state index is -0.936. The molecule has 4 nitrogen and oxygen atoms in total. The molecule has 0 fully saturated rings. The Labute approximate surface area is 109 Å². The maximum atomic E-state index is 13.9. The molecule has 2 rings (SSSR count). The van der Waals surface area contributed by atoms with E-state index in [9.17, 15) is 9.18 Å². The quantitative estimate of drug-likeness (QED) is 0.920. The number of halogens is 1. The van der Waals surface area contributed by atoms with Crippen LogP contribution in [0.15, 0.2) is 22.7 Å². The van der Waals surface area contributed by atoms with Crippen molar-refractivity contribution >= 4 is 5.97 Å². The summed E-state index contributed by atoms with van der Waals surface area (Å²) in [6.45, 7) is 3.56. The number of carboxylic acids is 1. The summed E-state index contributed by atoms with van der Waals surface area (Å²) in [5.74, 6) is -0.705. The zero-order valence-corrected chi connectivity index (χ0v) is 10.7. The van der Waals surface area contributed by atoms with E-state index in [0.29, 0.717) is 22.6 Å². The van der Waals surface area contributed by atoms with Gasteiger partial charge in [0.1, 0.15) is 11.6 Å². The van der Waals surface area contributed by atoms with E-state index in [2.05, 4.69) is 5.16 Å². The van der Waals surface area contributed by atoms with Crippen molar-refractivity contribution in [2.45, 2.75) is 26.7 Å². The Morgan fingerprint density at radius 2 is 2.16 bits per heavy atom. The molecule has 0 aliphatic heterocycles. The van der Waals surface area contributed by atoms with Crippen LogP contribution in [-0.2, 0) is 11.2 Å². The lowest BCUT2D eigenvalue weighted by Gasteiger charge is -2.05. The van der Waals surface area contributed by atoms with E-state index >= 15 is 0 Å². The molecule has 2 aromatic rings. The van der Waals surface area contributed by atoms with Crippen LogP contribution in [0.3, 0.4) is 0 Å². The third-order valence-electron chi connectivity index (χ3n) is 2.98. The van der Waals surface area contributed by atoms with Crippen LogP contribution >= 0.6 is 0 Å². The molecule has 0 unspecified atom stereocenters. The number of carbonyl (C=O) groups is 1. The second-order valence-electron chi connectivity index (χ2n) is 4.40. The molecule has 0 aliphatic rings. The van der Waals surface area contributed by atoms with Gasteiger partial charge in [0.15, 0.2) is 0 Å². The Balaban J connectivity index is 2.31. The number of rotatable bonds is 4. The summed E-state index contributed by atoms with van der Waals surface area (Å²) >= 11 is 0. The molecule has 0 bridgehead atoms. The predicted molar refractivity (Wildman–Crippen MR) is 67.3 cm³/mol. The topological polar surface area (TPSA) is 63.3 Å². The second-order valence-corrected chi connectivity index (χ2v) is 4.40. The first-order chi connectivity index (χ1) is 8.99. The maximum Gasteiger partial charge on any atom is 0.303 e. The molecule has 0 spiro atoms. The van der Waals surface area contributed by atoms with Crippen molar-refractivity contribution in [1.82, 2.24) is 5.16 Å². The lowest BCUT2D eigenvalue weighted by atomic mass is 10.0. The minimum absolute atomic E-state index is 0.0818. The van der Waals surface area contributed by atoms with E-state index in [1.165, 1.54) is 6.07 Å². The lowest BCUT2D eigenvalue weighted by Crippen LogP contribution is -1.99. The summed E-state index contributed by atoms with van der Waals surface area (Å²) in [6, 6.07) is 4.76. The number of nitrogens with zero attached hydrogens (tertiary/aromatic N) is 1. The molecule has 1 aromatic heterocycles. The van der Waals surface area contributed by atoms with E-state index in [-0.39, 0.29) is 12.8 Å². The van der Waals surface area contributed by atoms with Gasteiger partial charge in [-0.3, -0.25) is 4.79 Å². The van der Waals surface area contributed by atoms with Gasteiger partial charge in [0.25, 0.3) is 0 Å². The second kappa shape index (κ2) is 5.22. The summed E-state index contributed by atoms with van der Waals surface area (Å²) in [5.41, 5.74) is 2.57. The molecular weight excluding hydrogens is 249 g/mol. The fourth-order valence-corrected chi connectivity index (χ4v) is 2.04. The van der Waals surface area contributed by atoms with Crippen LogP contribution in [-0.4, -0.2) is 16.2 Å². The molecule has 1 aromatic carbocycles. The molecule has 0 aliphatic carbocycles. The number of aromatic nitrogens is 1. The molecule has 0 amide bonds. The van der Waals surface area contributed by atoms with E-state index in [4.69, 9.17) is 9.63 Å². The molecule has 0 saturated heterocycles. The predicted octanol–water partition coefficient (Wildman–Crippen LogP) is 3.11. The largest absolute Gasteiger partial charge is 0.481 e. The smallest absolute Gasteiger partial charge is 0.303 e. The first-order valence-electron chi connectivity index (χ1n) is 5.92. The molecule has 1 N–H and O–H groups in total. The standard InChI is InChI=1S/C14H14FNO3/c1-8-14(9(2)19-16-8)11-4-3-10(12(15)7-11)5-6-13(17)18/h3-4,7H,5-6H2,1-2H3,(H,17,18). The Hall–Kier alpha value is -2.17. The van der Waals surface area contributed by atoms with Crippen LogP contribution < -0.4 is 0 Å². The molecule has 19 heavy (non-hydrogen) atoms. The monoisotopic (exact) mass is 263 g/mol. The molecule has 0 atom stereocenters. The lowest BCUT2D eigenvalue weighted by molar-refractivity contribution is -0.136. The Bertz CT molecular complexity index is 600. The number of hydrogen-bond acceptors (Lipinski definition) is 3. The highest BCUT2D eigenvalue weighted by molar-refractivity contribution is 5.69. The third kappa shape index (κ3) is 2.81. The van der Waals surface area contributed by atoms with Crippen molar-refractivity contribution in [3.05, 3.63) is 41.0 Å². The van der Waals surface area contributed by atoms with Crippen molar-refractivity contribution in [3.8, 4) is 11.1 Å².